The van der Waals surface area contributed by atoms with Gasteiger partial charge in [0.25, 0.3) is 0 Å². The standard InChI is InChI=1S/C17H21NO2S/c1-20-15-9-7-14(8-10-15)5-2-3-11-18-17(19)13-16-6-4-12-21-16/h4,6-10,12H,2-3,5,11,13H2,1H3,(H,18,19). The molecule has 3 nitrogen and oxygen atoms in total. The Kier molecular flexibility index (Phi) is 6.28. The van der Waals surface area contributed by atoms with Crippen LogP contribution >= 0.6 is 11.3 Å². The lowest BCUT2D eigenvalue weighted by Crippen LogP contribution is -2.25. The van der Waals surface area contributed by atoms with E-state index in [0.29, 0.717) is 6.42 Å². The van der Waals surface area contributed by atoms with E-state index in [1.165, 1.54) is 5.56 Å². The molecule has 4 heteroatoms. The number of benzene rings is 1. The number of thiophene rings is 1. The summed E-state index contributed by atoms with van der Waals surface area (Å²) in [4.78, 5) is 12.8. The van der Waals surface area contributed by atoms with E-state index >= 15 is 0 Å². The average molecular weight is 303 g/mol. The number of carbonyl (C=O) groups is 1. The fourth-order valence-electron chi connectivity index (χ4n) is 2.11. The molecule has 1 aromatic heterocycles. The Hall–Kier alpha value is -1.81. The second-order valence-corrected chi connectivity index (χ2v) is 5.94. The van der Waals surface area contributed by atoms with Crippen LogP contribution in [-0.2, 0) is 17.6 Å². The monoisotopic (exact) mass is 303 g/mol. The molecule has 0 bridgehead atoms. The van der Waals surface area contributed by atoms with Gasteiger partial charge in [-0.3, -0.25) is 4.79 Å². The predicted molar refractivity (Wildman–Crippen MR) is 87.0 cm³/mol. The van der Waals surface area contributed by atoms with Crippen molar-refractivity contribution >= 4 is 17.2 Å². The summed E-state index contributed by atoms with van der Waals surface area (Å²) in [6, 6.07) is 12.1. The summed E-state index contributed by atoms with van der Waals surface area (Å²) in [7, 11) is 1.67. The lowest BCUT2D eigenvalue weighted by Gasteiger charge is -2.05. The molecule has 112 valence electrons. The zero-order valence-corrected chi connectivity index (χ0v) is 13.1. The quantitative estimate of drug-likeness (QED) is 0.759. The molecule has 0 saturated heterocycles. The van der Waals surface area contributed by atoms with Crippen molar-refractivity contribution in [3.8, 4) is 5.75 Å². The highest BCUT2D eigenvalue weighted by molar-refractivity contribution is 7.10. The summed E-state index contributed by atoms with van der Waals surface area (Å²) in [5, 5.41) is 4.97. The molecule has 1 heterocycles. The molecule has 21 heavy (non-hydrogen) atoms. The summed E-state index contributed by atoms with van der Waals surface area (Å²) in [5.41, 5.74) is 1.31. The lowest BCUT2D eigenvalue weighted by atomic mass is 10.1. The molecule has 1 N–H and O–H groups in total. The number of aryl methyl sites for hydroxylation is 1. The van der Waals surface area contributed by atoms with Crippen molar-refractivity contribution in [2.24, 2.45) is 0 Å². The van der Waals surface area contributed by atoms with Gasteiger partial charge >= 0.3 is 0 Å². The number of nitrogens with one attached hydrogen (secondary N) is 1. The topological polar surface area (TPSA) is 38.3 Å². The molecule has 2 aromatic rings. The van der Waals surface area contributed by atoms with Crippen LogP contribution in [0.4, 0.5) is 0 Å². The molecule has 0 atom stereocenters. The van der Waals surface area contributed by atoms with Crippen LogP contribution in [0, 0.1) is 0 Å². The molecule has 0 spiro atoms. The predicted octanol–water partition coefficient (Wildman–Crippen LogP) is 3.44. The van der Waals surface area contributed by atoms with E-state index in [4.69, 9.17) is 4.74 Å². The Balaban J connectivity index is 1.58. The van der Waals surface area contributed by atoms with Crippen molar-refractivity contribution in [1.29, 1.82) is 0 Å². The van der Waals surface area contributed by atoms with Crippen molar-refractivity contribution in [1.82, 2.24) is 5.32 Å². The first-order valence-corrected chi connectivity index (χ1v) is 8.08. The van der Waals surface area contributed by atoms with Gasteiger partial charge in [-0.25, -0.2) is 0 Å². The minimum absolute atomic E-state index is 0.113. The third-order valence-electron chi connectivity index (χ3n) is 3.29. The van der Waals surface area contributed by atoms with Crippen LogP contribution in [0.3, 0.4) is 0 Å². The molecule has 0 aliphatic heterocycles. The molecule has 0 fully saturated rings. The van der Waals surface area contributed by atoms with Crippen molar-refractivity contribution < 1.29 is 9.53 Å². The molecule has 1 amide bonds. The van der Waals surface area contributed by atoms with Gasteiger partial charge in [0.1, 0.15) is 5.75 Å². The summed E-state index contributed by atoms with van der Waals surface area (Å²) in [6.07, 6.45) is 3.61. The van der Waals surface area contributed by atoms with Gasteiger partial charge in [-0.05, 0) is 48.4 Å². The van der Waals surface area contributed by atoms with Crippen molar-refractivity contribution in [3.05, 3.63) is 52.2 Å². The smallest absolute Gasteiger partial charge is 0.225 e. The number of rotatable bonds is 8. The average Bonchev–Trinajstić information content (AvgIpc) is 3.00. The maximum atomic E-state index is 11.7. The van der Waals surface area contributed by atoms with E-state index in [-0.39, 0.29) is 5.91 Å². The molecule has 0 aliphatic carbocycles. The maximum absolute atomic E-state index is 11.7. The Morgan fingerprint density at radius 1 is 1.19 bits per heavy atom. The van der Waals surface area contributed by atoms with Crippen LogP contribution in [0.5, 0.6) is 5.75 Å². The van der Waals surface area contributed by atoms with Gasteiger partial charge in [-0.1, -0.05) is 18.2 Å². The molecule has 0 aliphatic rings. The highest BCUT2D eigenvalue weighted by Gasteiger charge is 2.03. The summed E-state index contributed by atoms with van der Waals surface area (Å²) in [6.45, 7) is 0.750. The largest absolute Gasteiger partial charge is 0.497 e. The van der Waals surface area contributed by atoms with E-state index in [1.807, 2.05) is 29.6 Å². The van der Waals surface area contributed by atoms with Crippen LogP contribution in [0.2, 0.25) is 0 Å². The van der Waals surface area contributed by atoms with Crippen LogP contribution in [0.25, 0.3) is 0 Å². The highest BCUT2D eigenvalue weighted by atomic mass is 32.1. The van der Waals surface area contributed by atoms with Gasteiger partial charge in [0.15, 0.2) is 0 Å². The third kappa shape index (κ3) is 5.60. The van der Waals surface area contributed by atoms with Crippen molar-refractivity contribution in [2.75, 3.05) is 13.7 Å². The molecule has 0 radical (unpaired) electrons. The first-order chi connectivity index (χ1) is 10.3. The highest BCUT2D eigenvalue weighted by Crippen LogP contribution is 2.13. The van der Waals surface area contributed by atoms with Crippen LogP contribution in [0.1, 0.15) is 23.3 Å². The zero-order valence-electron chi connectivity index (χ0n) is 12.3. The maximum Gasteiger partial charge on any atom is 0.225 e. The van der Waals surface area contributed by atoms with Gasteiger partial charge in [0, 0.05) is 11.4 Å². The molecule has 2 rings (SSSR count). The fourth-order valence-corrected chi connectivity index (χ4v) is 2.81. The van der Waals surface area contributed by atoms with Gasteiger partial charge < -0.3 is 10.1 Å². The molecular formula is C17H21NO2S. The SMILES string of the molecule is COc1ccc(CCCCNC(=O)Cc2cccs2)cc1. The summed E-state index contributed by atoms with van der Waals surface area (Å²) < 4.78 is 5.13. The van der Waals surface area contributed by atoms with E-state index in [0.717, 1.165) is 36.4 Å². The minimum Gasteiger partial charge on any atom is -0.497 e. The second kappa shape index (κ2) is 8.47. The van der Waals surface area contributed by atoms with Crippen molar-refractivity contribution in [3.63, 3.8) is 0 Å². The number of unbranched alkanes of at least 4 members (excludes halogenated alkanes) is 1. The molecular weight excluding hydrogens is 282 g/mol. The Labute approximate surface area is 130 Å². The molecule has 0 saturated carbocycles. The third-order valence-corrected chi connectivity index (χ3v) is 4.16. The van der Waals surface area contributed by atoms with Gasteiger partial charge in [-0.2, -0.15) is 0 Å². The van der Waals surface area contributed by atoms with Gasteiger partial charge in [0.05, 0.1) is 13.5 Å². The lowest BCUT2D eigenvalue weighted by molar-refractivity contribution is -0.120. The van der Waals surface area contributed by atoms with Crippen LogP contribution in [0.15, 0.2) is 41.8 Å². The normalized spacial score (nSPS) is 10.3. The number of carbonyl (C=O) groups excluding carboxylic acids is 1. The van der Waals surface area contributed by atoms with E-state index < -0.39 is 0 Å². The number of ether oxygens (including phenoxy) is 1. The zero-order chi connectivity index (χ0) is 14.9. The Bertz CT molecular complexity index is 534. The first kappa shape index (κ1) is 15.6. The number of hydrogen-bond donors (Lipinski definition) is 1. The number of amides is 1. The van der Waals surface area contributed by atoms with Gasteiger partial charge in [-0.15, -0.1) is 11.3 Å². The Morgan fingerprint density at radius 3 is 2.67 bits per heavy atom. The Morgan fingerprint density at radius 2 is 2.00 bits per heavy atom. The van der Waals surface area contributed by atoms with Crippen LogP contribution < -0.4 is 10.1 Å². The van der Waals surface area contributed by atoms with E-state index in [9.17, 15) is 4.79 Å². The number of methoxy groups -OCH3 is 1. The molecule has 1 aromatic carbocycles. The fraction of sp³-hybridized carbons (Fsp3) is 0.353. The minimum atomic E-state index is 0.113. The summed E-state index contributed by atoms with van der Waals surface area (Å²) in [5.74, 6) is 1.00. The van der Waals surface area contributed by atoms with E-state index in [1.54, 1.807) is 18.4 Å². The second-order valence-electron chi connectivity index (χ2n) is 4.91. The van der Waals surface area contributed by atoms with E-state index in [2.05, 4.69) is 17.4 Å². The first-order valence-electron chi connectivity index (χ1n) is 7.20. The van der Waals surface area contributed by atoms with Crippen molar-refractivity contribution in [2.45, 2.75) is 25.7 Å². The van der Waals surface area contributed by atoms with Crippen LogP contribution in [-0.4, -0.2) is 19.6 Å². The molecule has 0 unspecified atom stereocenters. The number of hydrogen-bond acceptors (Lipinski definition) is 3. The summed E-state index contributed by atoms with van der Waals surface area (Å²) >= 11 is 1.62. The van der Waals surface area contributed by atoms with Gasteiger partial charge in [0.2, 0.25) is 5.91 Å².